The van der Waals surface area contributed by atoms with Crippen LogP contribution in [0, 0.1) is 5.82 Å². The molecule has 1 atom stereocenters. The first-order chi connectivity index (χ1) is 15.0. The van der Waals surface area contributed by atoms with Crippen molar-refractivity contribution in [3.05, 3.63) is 77.2 Å². The molecule has 0 fully saturated rings. The van der Waals surface area contributed by atoms with Gasteiger partial charge in [-0.1, -0.05) is 42.5 Å². The number of nitrogens with one attached hydrogen (secondary N) is 2. The molecule has 31 heavy (non-hydrogen) atoms. The molecule has 1 aliphatic rings. The van der Waals surface area contributed by atoms with Gasteiger partial charge in [0.25, 0.3) is 0 Å². The summed E-state index contributed by atoms with van der Waals surface area (Å²) in [6.45, 7) is 1.85. The zero-order chi connectivity index (χ0) is 21.8. The topological polar surface area (TPSA) is 111 Å². The van der Waals surface area contributed by atoms with Crippen molar-refractivity contribution in [1.82, 2.24) is 30.8 Å². The van der Waals surface area contributed by atoms with Gasteiger partial charge in [-0.05, 0) is 29.8 Å². The number of rotatable bonds is 6. The minimum atomic E-state index is -0.699. The standard InChI is InChI=1S/C21H19FN6O3/c1-2-31-20(29)17-16(23-21(30)24-18(17)13-7-4-3-5-8-13)12-28-26-19(25-27-28)14-9-6-10-15(22)11-14/h3-11,18H,2,12H2,1H3,(H2,23,24,30). The Labute approximate surface area is 176 Å². The lowest BCUT2D eigenvalue weighted by Gasteiger charge is -2.29. The Balaban J connectivity index is 1.71. The Hall–Kier alpha value is -4.08. The van der Waals surface area contributed by atoms with Crippen molar-refractivity contribution in [3.63, 3.8) is 0 Å². The van der Waals surface area contributed by atoms with Gasteiger partial charge in [-0.15, -0.1) is 10.2 Å². The molecule has 2 amide bonds. The van der Waals surface area contributed by atoms with Gasteiger partial charge in [0.05, 0.1) is 23.9 Å². The van der Waals surface area contributed by atoms with E-state index in [1.807, 2.05) is 30.3 Å². The molecular weight excluding hydrogens is 403 g/mol. The number of amides is 2. The molecule has 2 aromatic carbocycles. The lowest BCUT2D eigenvalue weighted by molar-refractivity contribution is -0.139. The Bertz CT molecular complexity index is 1140. The summed E-state index contributed by atoms with van der Waals surface area (Å²) in [5.41, 5.74) is 1.73. The van der Waals surface area contributed by atoms with Crippen LogP contribution in [0.1, 0.15) is 18.5 Å². The fraction of sp³-hybridized carbons (Fsp3) is 0.190. The molecule has 158 valence electrons. The predicted molar refractivity (Wildman–Crippen MR) is 108 cm³/mol. The van der Waals surface area contributed by atoms with E-state index in [0.29, 0.717) is 11.3 Å². The van der Waals surface area contributed by atoms with E-state index in [2.05, 4.69) is 26.0 Å². The van der Waals surface area contributed by atoms with Crippen LogP contribution in [-0.2, 0) is 16.1 Å². The number of esters is 1. The molecule has 2 N–H and O–H groups in total. The van der Waals surface area contributed by atoms with Gasteiger partial charge in [0.1, 0.15) is 12.4 Å². The Morgan fingerprint density at radius 3 is 2.74 bits per heavy atom. The fourth-order valence-electron chi connectivity index (χ4n) is 3.28. The van der Waals surface area contributed by atoms with Gasteiger partial charge in [0.2, 0.25) is 5.82 Å². The van der Waals surface area contributed by atoms with Crippen molar-refractivity contribution in [2.45, 2.75) is 19.5 Å². The van der Waals surface area contributed by atoms with Gasteiger partial charge >= 0.3 is 12.0 Å². The highest BCUT2D eigenvalue weighted by atomic mass is 19.1. The lowest BCUT2D eigenvalue weighted by atomic mass is 9.95. The molecule has 2 heterocycles. The molecule has 0 saturated carbocycles. The van der Waals surface area contributed by atoms with E-state index in [9.17, 15) is 14.0 Å². The normalized spacial score (nSPS) is 15.9. The zero-order valence-corrected chi connectivity index (χ0v) is 16.6. The summed E-state index contributed by atoms with van der Waals surface area (Å²) in [6, 6.07) is 13.7. The number of ether oxygens (including phenoxy) is 1. The molecule has 10 heteroatoms. The second-order valence-corrected chi connectivity index (χ2v) is 6.71. The molecular formula is C21H19FN6O3. The third-order valence-electron chi connectivity index (χ3n) is 4.62. The van der Waals surface area contributed by atoms with E-state index in [1.165, 1.54) is 16.9 Å². The highest BCUT2D eigenvalue weighted by Crippen LogP contribution is 2.28. The summed E-state index contributed by atoms with van der Waals surface area (Å²) < 4.78 is 18.7. The molecule has 3 aromatic rings. The SMILES string of the molecule is CCOC(=O)C1=C(Cn2nnc(-c3cccc(F)c3)n2)NC(=O)NC1c1ccccc1. The number of nitrogens with zero attached hydrogens (tertiary/aromatic N) is 4. The number of tetrazole rings is 1. The molecule has 4 rings (SSSR count). The van der Waals surface area contributed by atoms with Crippen molar-refractivity contribution in [2.75, 3.05) is 6.61 Å². The molecule has 1 aliphatic heterocycles. The van der Waals surface area contributed by atoms with Gasteiger partial charge in [-0.2, -0.15) is 4.80 Å². The maximum absolute atomic E-state index is 13.5. The molecule has 0 saturated heterocycles. The number of carbonyl (C=O) groups excluding carboxylic acids is 2. The number of benzene rings is 2. The highest BCUT2D eigenvalue weighted by Gasteiger charge is 2.34. The van der Waals surface area contributed by atoms with Gasteiger partial charge in [0.15, 0.2) is 0 Å². The van der Waals surface area contributed by atoms with E-state index in [1.54, 1.807) is 19.1 Å². The summed E-state index contributed by atoms with van der Waals surface area (Å²) in [5, 5.41) is 17.6. The van der Waals surface area contributed by atoms with Crippen molar-refractivity contribution in [1.29, 1.82) is 0 Å². The molecule has 9 nitrogen and oxygen atoms in total. The average Bonchev–Trinajstić information content (AvgIpc) is 3.22. The van der Waals surface area contributed by atoms with E-state index in [4.69, 9.17) is 4.74 Å². The van der Waals surface area contributed by atoms with E-state index in [-0.39, 0.29) is 24.5 Å². The predicted octanol–water partition coefficient (Wildman–Crippen LogP) is 2.35. The molecule has 1 unspecified atom stereocenters. The third-order valence-corrected chi connectivity index (χ3v) is 4.62. The van der Waals surface area contributed by atoms with Crippen LogP contribution in [0.5, 0.6) is 0 Å². The van der Waals surface area contributed by atoms with Crippen LogP contribution in [0.4, 0.5) is 9.18 Å². The van der Waals surface area contributed by atoms with Crippen LogP contribution in [0.2, 0.25) is 0 Å². The quantitative estimate of drug-likeness (QED) is 0.590. The Kier molecular flexibility index (Phi) is 5.69. The number of allylic oxidation sites excluding steroid dienone is 1. The van der Waals surface area contributed by atoms with E-state index in [0.717, 1.165) is 5.56 Å². The second kappa shape index (κ2) is 8.74. The van der Waals surface area contributed by atoms with Crippen LogP contribution >= 0.6 is 0 Å². The highest BCUT2D eigenvalue weighted by molar-refractivity contribution is 5.95. The monoisotopic (exact) mass is 422 g/mol. The number of halogens is 1. The molecule has 0 bridgehead atoms. The fourth-order valence-corrected chi connectivity index (χ4v) is 3.28. The van der Waals surface area contributed by atoms with Crippen LogP contribution in [-0.4, -0.2) is 38.8 Å². The molecule has 0 aliphatic carbocycles. The summed E-state index contributed by atoms with van der Waals surface area (Å²) in [6.07, 6.45) is 0. The van der Waals surface area contributed by atoms with Crippen molar-refractivity contribution < 1.29 is 18.7 Å². The van der Waals surface area contributed by atoms with Crippen LogP contribution in [0.25, 0.3) is 11.4 Å². The Morgan fingerprint density at radius 2 is 2.00 bits per heavy atom. The van der Waals surface area contributed by atoms with Gasteiger partial charge in [0, 0.05) is 5.56 Å². The molecule has 0 spiro atoms. The van der Waals surface area contributed by atoms with Gasteiger partial charge in [-0.25, -0.2) is 14.0 Å². The Morgan fingerprint density at radius 1 is 1.19 bits per heavy atom. The molecule has 1 aromatic heterocycles. The van der Waals surface area contributed by atoms with Crippen molar-refractivity contribution in [3.8, 4) is 11.4 Å². The summed E-state index contributed by atoms with van der Waals surface area (Å²) >= 11 is 0. The summed E-state index contributed by atoms with van der Waals surface area (Å²) in [5.74, 6) is -0.764. The van der Waals surface area contributed by atoms with Crippen molar-refractivity contribution in [2.24, 2.45) is 0 Å². The first-order valence-corrected chi connectivity index (χ1v) is 9.61. The number of hydrogen-bond acceptors (Lipinski definition) is 6. The average molecular weight is 422 g/mol. The maximum atomic E-state index is 13.5. The summed E-state index contributed by atoms with van der Waals surface area (Å²) in [7, 11) is 0. The lowest BCUT2D eigenvalue weighted by Crippen LogP contribution is -2.47. The van der Waals surface area contributed by atoms with Crippen LogP contribution in [0.15, 0.2) is 65.9 Å². The van der Waals surface area contributed by atoms with Crippen LogP contribution in [0.3, 0.4) is 0 Å². The zero-order valence-electron chi connectivity index (χ0n) is 16.6. The van der Waals surface area contributed by atoms with Gasteiger partial charge in [-0.3, -0.25) is 0 Å². The number of aromatic nitrogens is 4. The second-order valence-electron chi connectivity index (χ2n) is 6.71. The third kappa shape index (κ3) is 4.42. The number of hydrogen-bond donors (Lipinski definition) is 2. The number of urea groups is 1. The maximum Gasteiger partial charge on any atom is 0.338 e. The minimum Gasteiger partial charge on any atom is -0.463 e. The van der Waals surface area contributed by atoms with E-state index < -0.39 is 23.9 Å². The first kappa shape index (κ1) is 20.2. The molecule has 0 radical (unpaired) electrons. The van der Waals surface area contributed by atoms with Crippen LogP contribution < -0.4 is 10.6 Å². The van der Waals surface area contributed by atoms with E-state index >= 15 is 0 Å². The first-order valence-electron chi connectivity index (χ1n) is 9.61. The number of carbonyl (C=O) groups is 2. The minimum absolute atomic E-state index is 0.0345. The largest absolute Gasteiger partial charge is 0.463 e. The van der Waals surface area contributed by atoms with Gasteiger partial charge < -0.3 is 15.4 Å². The smallest absolute Gasteiger partial charge is 0.338 e. The summed E-state index contributed by atoms with van der Waals surface area (Å²) in [4.78, 5) is 26.3. The van der Waals surface area contributed by atoms with Crippen molar-refractivity contribution >= 4 is 12.0 Å².